The summed E-state index contributed by atoms with van der Waals surface area (Å²) < 4.78 is 11.5. The highest BCUT2D eigenvalue weighted by Gasteiger charge is 2.47. The van der Waals surface area contributed by atoms with Gasteiger partial charge in [0.2, 0.25) is 5.75 Å². The van der Waals surface area contributed by atoms with Gasteiger partial charge in [0, 0.05) is 29.8 Å². The zero-order valence-corrected chi connectivity index (χ0v) is 22.0. The van der Waals surface area contributed by atoms with Crippen molar-refractivity contribution in [3.8, 4) is 11.5 Å². The molecular formula is C28H36N2O7. The van der Waals surface area contributed by atoms with Crippen molar-refractivity contribution in [3.63, 3.8) is 0 Å². The topological polar surface area (TPSA) is 128 Å². The van der Waals surface area contributed by atoms with Crippen molar-refractivity contribution in [2.24, 2.45) is 11.3 Å². The number of ketones is 1. The van der Waals surface area contributed by atoms with Gasteiger partial charge in [-0.15, -0.1) is 0 Å². The molecule has 2 N–H and O–H groups in total. The van der Waals surface area contributed by atoms with Crippen LogP contribution in [0.25, 0.3) is 0 Å². The lowest BCUT2D eigenvalue weighted by Crippen LogP contribution is -2.44. The number of hydrogen-bond donors (Lipinski definition) is 2. The number of esters is 1. The summed E-state index contributed by atoms with van der Waals surface area (Å²) in [5.74, 6) is -2.80. The number of phenols is 1. The number of phenolic OH excluding ortho intramolecular Hbond substituents is 1. The van der Waals surface area contributed by atoms with Crippen molar-refractivity contribution in [3.05, 3.63) is 50.9 Å². The third-order valence-electron chi connectivity index (χ3n) is 7.47. The van der Waals surface area contributed by atoms with Gasteiger partial charge in [-0.05, 0) is 56.6 Å². The fraction of sp³-hybridized carbons (Fsp3) is 0.571. The number of fused-ring (bicyclic) bond motifs is 1. The van der Waals surface area contributed by atoms with Gasteiger partial charge in [0.25, 0.3) is 0 Å². The average Bonchev–Trinajstić information content (AvgIpc) is 3.07. The number of carbonyl (C=O) groups excluding carboxylic acids is 2. The summed E-state index contributed by atoms with van der Waals surface area (Å²) in [6.45, 7) is 7.58. The quantitative estimate of drug-likeness (QED) is 0.224. The third-order valence-corrected chi connectivity index (χ3v) is 7.47. The molecule has 37 heavy (non-hydrogen) atoms. The Bertz CT molecular complexity index is 1160. The molecule has 0 spiro atoms. The normalized spacial score (nSPS) is 23.9. The number of nitrogens with one attached hydrogen (secondary N) is 1. The molecule has 2 atom stereocenters. The van der Waals surface area contributed by atoms with E-state index >= 15 is 0 Å². The van der Waals surface area contributed by atoms with Crippen LogP contribution < -0.4 is 10.1 Å². The van der Waals surface area contributed by atoms with Crippen LogP contribution in [0.1, 0.15) is 84.1 Å². The smallest absolute Gasteiger partial charge is 0.336 e. The minimum absolute atomic E-state index is 0.0616. The monoisotopic (exact) mass is 512 g/mol. The highest BCUT2D eigenvalue weighted by molar-refractivity contribution is 5.96. The van der Waals surface area contributed by atoms with Crippen LogP contribution in [0, 0.1) is 21.4 Å². The molecule has 9 nitrogen and oxygen atoms in total. The molecule has 1 aromatic carbocycles. The SMILES string of the molecule is CCOc1cc(C2C(C(=O)OC3CCCCCC3)=C(C)NC3=CC(C)(C)CC(=O)C32)cc([N+](=O)[O-])c1O. The molecule has 2 aliphatic carbocycles. The summed E-state index contributed by atoms with van der Waals surface area (Å²) in [4.78, 5) is 38.4. The number of Topliss-reactive ketones (excluding diaryl/α,β-unsaturated/α-hetero) is 1. The lowest BCUT2D eigenvalue weighted by Gasteiger charge is -2.41. The summed E-state index contributed by atoms with van der Waals surface area (Å²) in [5.41, 5.74) is 0.931. The maximum atomic E-state index is 13.7. The highest BCUT2D eigenvalue weighted by Crippen LogP contribution is 2.50. The molecule has 2 unspecified atom stereocenters. The second-order valence-electron chi connectivity index (χ2n) is 10.9. The molecule has 0 amide bonds. The summed E-state index contributed by atoms with van der Waals surface area (Å²) in [6.07, 6.45) is 7.83. The number of benzene rings is 1. The molecular weight excluding hydrogens is 476 g/mol. The van der Waals surface area contributed by atoms with Crippen molar-refractivity contribution < 1.29 is 29.1 Å². The molecule has 1 saturated carbocycles. The lowest BCUT2D eigenvalue weighted by atomic mass is 9.66. The van der Waals surface area contributed by atoms with Gasteiger partial charge in [0.1, 0.15) is 11.9 Å². The number of allylic oxidation sites excluding steroid dienone is 3. The minimum atomic E-state index is -0.826. The molecule has 1 heterocycles. The zero-order valence-electron chi connectivity index (χ0n) is 22.0. The van der Waals surface area contributed by atoms with Gasteiger partial charge >= 0.3 is 11.7 Å². The van der Waals surface area contributed by atoms with Gasteiger partial charge in [-0.3, -0.25) is 14.9 Å². The van der Waals surface area contributed by atoms with E-state index in [0.717, 1.165) is 38.5 Å². The highest BCUT2D eigenvalue weighted by atomic mass is 16.6. The van der Waals surface area contributed by atoms with E-state index in [0.29, 0.717) is 17.0 Å². The molecule has 0 saturated heterocycles. The Labute approximate surface area is 217 Å². The van der Waals surface area contributed by atoms with Crippen LogP contribution in [-0.2, 0) is 14.3 Å². The number of aromatic hydroxyl groups is 1. The van der Waals surface area contributed by atoms with Crippen molar-refractivity contribution in [1.29, 1.82) is 0 Å². The van der Waals surface area contributed by atoms with Crippen LogP contribution in [0.2, 0.25) is 0 Å². The summed E-state index contributed by atoms with van der Waals surface area (Å²) >= 11 is 0. The predicted octanol–water partition coefficient (Wildman–Crippen LogP) is 5.43. The summed E-state index contributed by atoms with van der Waals surface area (Å²) in [5, 5.41) is 25.6. The molecule has 9 heteroatoms. The van der Waals surface area contributed by atoms with E-state index in [-0.39, 0.29) is 41.7 Å². The van der Waals surface area contributed by atoms with E-state index in [2.05, 4.69) is 5.32 Å². The maximum absolute atomic E-state index is 13.7. The molecule has 0 bridgehead atoms. The van der Waals surface area contributed by atoms with Gasteiger partial charge in [0.05, 0.1) is 23.0 Å². The van der Waals surface area contributed by atoms with Crippen LogP contribution in [0.5, 0.6) is 11.5 Å². The zero-order chi connectivity index (χ0) is 26.9. The molecule has 200 valence electrons. The van der Waals surface area contributed by atoms with E-state index in [1.54, 1.807) is 13.8 Å². The average molecular weight is 513 g/mol. The van der Waals surface area contributed by atoms with Crippen molar-refractivity contribution in [1.82, 2.24) is 5.32 Å². The van der Waals surface area contributed by atoms with Crippen molar-refractivity contribution in [2.75, 3.05) is 6.61 Å². The Morgan fingerprint density at radius 1 is 1.19 bits per heavy atom. The number of ether oxygens (including phenoxy) is 2. The largest absolute Gasteiger partial charge is 0.500 e. The second-order valence-corrected chi connectivity index (χ2v) is 10.9. The van der Waals surface area contributed by atoms with Gasteiger partial charge < -0.3 is 19.9 Å². The summed E-state index contributed by atoms with van der Waals surface area (Å²) in [6, 6.07) is 2.74. The maximum Gasteiger partial charge on any atom is 0.336 e. The number of rotatable bonds is 6. The summed E-state index contributed by atoms with van der Waals surface area (Å²) in [7, 11) is 0. The van der Waals surface area contributed by atoms with Crippen LogP contribution in [-0.4, -0.2) is 34.5 Å². The molecule has 0 radical (unpaired) electrons. The van der Waals surface area contributed by atoms with Gasteiger partial charge in [0.15, 0.2) is 5.75 Å². The first-order valence-corrected chi connectivity index (χ1v) is 13.1. The molecule has 1 aliphatic heterocycles. The van der Waals surface area contributed by atoms with E-state index in [9.17, 15) is 24.8 Å². The van der Waals surface area contributed by atoms with Crippen LogP contribution in [0.3, 0.4) is 0 Å². The number of carbonyl (C=O) groups is 2. The number of hydrogen-bond acceptors (Lipinski definition) is 8. The second kappa shape index (κ2) is 10.6. The van der Waals surface area contributed by atoms with Crippen molar-refractivity contribution in [2.45, 2.75) is 84.7 Å². The Morgan fingerprint density at radius 3 is 2.49 bits per heavy atom. The lowest BCUT2D eigenvalue weighted by molar-refractivity contribution is -0.386. The first-order chi connectivity index (χ1) is 17.5. The van der Waals surface area contributed by atoms with Crippen LogP contribution in [0.15, 0.2) is 35.2 Å². The van der Waals surface area contributed by atoms with E-state index in [4.69, 9.17) is 9.47 Å². The Balaban J connectivity index is 1.86. The van der Waals surface area contributed by atoms with Crippen LogP contribution in [0.4, 0.5) is 5.69 Å². The third kappa shape index (κ3) is 5.50. The standard InChI is InChI=1S/C28H36N2O7/c1-5-36-22-13-17(12-20(26(22)32)30(34)35)24-23(27(33)37-18-10-8-6-7-9-11-18)16(2)29-19-14-28(3,4)15-21(31)25(19)24/h12-14,18,24-25,29,32H,5-11,15H2,1-4H3. The molecule has 1 fully saturated rings. The predicted molar refractivity (Wildman–Crippen MR) is 137 cm³/mol. The van der Waals surface area contributed by atoms with E-state index in [1.807, 2.05) is 19.9 Å². The fourth-order valence-electron chi connectivity index (χ4n) is 5.87. The molecule has 3 aliphatic rings. The van der Waals surface area contributed by atoms with Crippen molar-refractivity contribution >= 4 is 17.4 Å². The molecule has 0 aromatic heterocycles. The van der Waals surface area contributed by atoms with Gasteiger partial charge in [-0.25, -0.2) is 4.79 Å². The van der Waals surface area contributed by atoms with Gasteiger partial charge in [-0.2, -0.15) is 0 Å². The first kappa shape index (κ1) is 26.7. The van der Waals surface area contributed by atoms with E-state index < -0.39 is 34.2 Å². The van der Waals surface area contributed by atoms with Crippen LogP contribution >= 0.6 is 0 Å². The Hall–Kier alpha value is -3.36. The number of nitro benzene ring substituents is 1. The fourth-order valence-corrected chi connectivity index (χ4v) is 5.87. The number of nitro groups is 1. The molecule has 4 rings (SSSR count). The molecule has 1 aromatic rings. The van der Waals surface area contributed by atoms with Gasteiger partial charge in [-0.1, -0.05) is 32.8 Å². The minimum Gasteiger partial charge on any atom is -0.500 e. The number of nitrogens with zero attached hydrogens (tertiary/aromatic N) is 1. The van der Waals surface area contributed by atoms with E-state index in [1.165, 1.54) is 12.1 Å². The Kier molecular flexibility index (Phi) is 7.62. The Morgan fingerprint density at radius 2 is 1.86 bits per heavy atom. The first-order valence-electron chi connectivity index (χ1n) is 13.1.